The average Bonchev–Trinajstić information content (AvgIpc) is 2.45. The van der Waals surface area contributed by atoms with Crippen LogP contribution >= 0.6 is 0 Å². The zero-order valence-corrected chi connectivity index (χ0v) is 16.0. The first-order valence-electron chi connectivity index (χ1n) is 9.56. The number of carbonyl (C=O) groups excluding carboxylic acids is 1. The lowest BCUT2D eigenvalue weighted by atomic mass is 9.96. The van der Waals surface area contributed by atoms with Gasteiger partial charge in [0.1, 0.15) is 5.60 Å². The molecule has 0 radical (unpaired) electrons. The molecule has 1 heterocycles. The van der Waals surface area contributed by atoms with Crippen molar-refractivity contribution >= 4 is 6.09 Å². The fourth-order valence-corrected chi connectivity index (χ4v) is 3.20. The average molecular weight is 327 g/mol. The van der Waals surface area contributed by atoms with Crippen molar-refractivity contribution < 1.29 is 9.53 Å². The topological polar surface area (TPSA) is 41.6 Å². The van der Waals surface area contributed by atoms with Crippen molar-refractivity contribution in [2.24, 2.45) is 0 Å². The summed E-state index contributed by atoms with van der Waals surface area (Å²) in [6.45, 7) is 12.2. The van der Waals surface area contributed by atoms with E-state index in [2.05, 4.69) is 19.2 Å². The van der Waals surface area contributed by atoms with Crippen molar-refractivity contribution in [2.45, 2.75) is 104 Å². The van der Waals surface area contributed by atoms with Crippen LogP contribution in [0.5, 0.6) is 0 Å². The van der Waals surface area contributed by atoms with E-state index in [1.54, 1.807) is 0 Å². The van der Waals surface area contributed by atoms with Crippen LogP contribution in [0.1, 0.15) is 86.0 Å². The second-order valence-electron chi connectivity index (χ2n) is 7.97. The first-order valence-corrected chi connectivity index (χ1v) is 9.56. The van der Waals surface area contributed by atoms with E-state index in [4.69, 9.17) is 4.74 Å². The van der Waals surface area contributed by atoms with Gasteiger partial charge in [0.25, 0.3) is 0 Å². The molecule has 23 heavy (non-hydrogen) atoms. The van der Waals surface area contributed by atoms with Gasteiger partial charge in [-0.1, -0.05) is 26.2 Å². The Labute approximate surface area is 143 Å². The standard InChI is InChI=1S/C19H38N2O2/c1-6-7-8-10-13-20-16(2)15-17-12-9-11-14-21(17)18(22)23-19(3,4)5/h16-17,20H,6-15H2,1-5H3. The second-order valence-corrected chi connectivity index (χ2v) is 7.97. The highest BCUT2D eigenvalue weighted by atomic mass is 16.6. The Hall–Kier alpha value is -0.770. The molecule has 136 valence electrons. The molecule has 4 heteroatoms. The van der Waals surface area contributed by atoms with Gasteiger partial charge in [-0.05, 0) is 66.3 Å². The fourth-order valence-electron chi connectivity index (χ4n) is 3.20. The number of amides is 1. The number of rotatable bonds is 8. The van der Waals surface area contributed by atoms with E-state index in [1.165, 1.54) is 32.1 Å². The van der Waals surface area contributed by atoms with Gasteiger partial charge in [-0.15, -0.1) is 0 Å². The predicted octanol–water partition coefficient (Wildman–Crippen LogP) is 4.72. The maximum atomic E-state index is 12.4. The molecule has 1 amide bonds. The van der Waals surface area contributed by atoms with Gasteiger partial charge < -0.3 is 15.0 Å². The quantitative estimate of drug-likeness (QED) is 0.656. The number of hydrogen-bond donors (Lipinski definition) is 1. The molecule has 2 unspecified atom stereocenters. The highest BCUT2D eigenvalue weighted by Crippen LogP contribution is 2.23. The van der Waals surface area contributed by atoms with Crippen LogP contribution in [0.25, 0.3) is 0 Å². The molecule has 0 spiro atoms. The van der Waals surface area contributed by atoms with Gasteiger partial charge in [0.15, 0.2) is 0 Å². The van der Waals surface area contributed by atoms with Crippen LogP contribution in [-0.4, -0.2) is 41.8 Å². The molecule has 4 nitrogen and oxygen atoms in total. The lowest BCUT2D eigenvalue weighted by molar-refractivity contribution is 0.00791. The maximum Gasteiger partial charge on any atom is 0.410 e. The normalized spacial score (nSPS) is 20.4. The third-order valence-corrected chi connectivity index (χ3v) is 4.40. The number of piperidine rings is 1. The molecule has 1 aliphatic heterocycles. The number of nitrogens with zero attached hydrogens (tertiary/aromatic N) is 1. The van der Waals surface area contributed by atoms with E-state index in [0.717, 1.165) is 32.4 Å². The van der Waals surface area contributed by atoms with Crippen molar-refractivity contribution in [2.75, 3.05) is 13.1 Å². The Morgan fingerprint density at radius 2 is 2.00 bits per heavy atom. The number of carbonyl (C=O) groups is 1. The summed E-state index contributed by atoms with van der Waals surface area (Å²) >= 11 is 0. The van der Waals surface area contributed by atoms with Crippen LogP contribution < -0.4 is 5.32 Å². The molecule has 1 N–H and O–H groups in total. The third kappa shape index (κ3) is 8.59. The molecule has 0 aromatic carbocycles. The van der Waals surface area contributed by atoms with Gasteiger partial charge in [-0.3, -0.25) is 0 Å². The van der Waals surface area contributed by atoms with Gasteiger partial charge in [-0.25, -0.2) is 4.79 Å². The number of likely N-dealkylation sites (tertiary alicyclic amines) is 1. The molecule has 1 rings (SSSR count). The summed E-state index contributed by atoms with van der Waals surface area (Å²) < 4.78 is 5.58. The molecule has 1 saturated heterocycles. The molecular formula is C19H38N2O2. The molecule has 2 atom stereocenters. The second kappa shape index (κ2) is 10.2. The molecule has 0 bridgehead atoms. The molecule has 1 aliphatic rings. The number of nitrogens with one attached hydrogen (secondary N) is 1. The largest absolute Gasteiger partial charge is 0.444 e. The minimum absolute atomic E-state index is 0.141. The minimum Gasteiger partial charge on any atom is -0.444 e. The zero-order valence-electron chi connectivity index (χ0n) is 16.0. The summed E-state index contributed by atoms with van der Waals surface area (Å²) in [5, 5.41) is 3.62. The molecule has 0 aromatic rings. The Balaban J connectivity index is 2.40. The first-order chi connectivity index (χ1) is 10.8. The summed E-state index contributed by atoms with van der Waals surface area (Å²) in [7, 11) is 0. The van der Waals surface area contributed by atoms with E-state index in [1.807, 2.05) is 25.7 Å². The number of hydrogen-bond acceptors (Lipinski definition) is 3. The predicted molar refractivity (Wildman–Crippen MR) is 96.8 cm³/mol. The van der Waals surface area contributed by atoms with Crippen LogP contribution in [0, 0.1) is 0 Å². The number of ether oxygens (including phenoxy) is 1. The van der Waals surface area contributed by atoms with E-state index in [-0.39, 0.29) is 6.09 Å². The van der Waals surface area contributed by atoms with Gasteiger partial charge in [0, 0.05) is 18.6 Å². The van der Waals surface area contributed by atoms with Crippen molar-refractivity contribution in [3.63, 3.8) is 0 Å². The van der Waals surface area contributed by atoms with E-state index in [0.29, 0.717) is 12.1 Å². The molecular weight excluding hydrogens is 288 g/mol. The summed E-state index contributed by atoms with van der Waals surface area (Å²) in [5.74, 6) is 0. The van der Waals surface area contributed by atoms with Crippen molar-refractivity contribution in [1.29, 1.82) is 0 Å². The Morgan fingerprint density at radius 1 is 1.26 bits per heavy atom. The summed E-state index contributed by atoms with van der Waals surface area (Å²) in [6.07, 6.45) is 9.45. The van der Waals surface area contributed by atoms with Crippen molar-refractivity contribution in [3.05, 3.63) is 0 Å². The molecule has 0 saturated carbocycles. The summed E-state index contributed by atoms with van der Waals surface area (Å²) in [6, 6.07) is 0.765. The van der Waals surface area contributed by atoms with Crippen molar-refractivity contribution in [1.82, 2.24) is 10.2 Å². The lowest BCUT2D eigenvalue weighted by Crippen LogP contribution is -2.48. The fraction of sp³-hybridized carbons (Fsp3) is 0.947. The monoisotopic (exact) mass is 326 g/mol. The maximum absolute atomic E-state index is 12.4. The Morgan fingerprint density at radius 3 is 2.65 bits per heavy atom. The smallest absolute Gasteiger partial charge is 0.410 e. The molecule has 0 aliphatic carbocycles. The molecule has 1 fully saturated rings. The van der Waals surface area contributed by atoms with Gasteiger partial charge in [0.05, 0.1) is 0 Å². The van der Waals surface area contributed by atoms with Gasteiger partial charge in [-0.2, -0.15) is 0 Å². The zero-order chi connectivity index (χ0) is 17.3. The van der Waals surface area contributed by atoms with Crippen LogP contribution in [0.15, 0.2) is 0 Å². The molecule has 0 aromatic heterocycles. The van der Waals surface area contributed by atoms with E-state index in [9.17, 15) is 4.79 Å². The van der Waals surface area contributed by atoms with Crippen LogP contribution in [0.3, 0.4) is 0 Å². The minimum atomic E-state index is -0.414. The van der Waals surface area contributed by atoms with Crippen molar-refractivity contribution in [3.8, 4) is 0 Å². The summed E-state index contributed by atoms with van der Waals surface area (Å²) in [5.41, 5.74) is -0.414. The SMILES string of the molecule is CCCCCCNC(C)CC1CCCCN1C(=O)OC(C)(C)C. The Bertz CT molecular complexity index is 339. The van der Waals surface area contributed by atoms with Gasteiger partial charge in [0.2, 0.25) is 0 Å². The first kappa shape index (κ1) is 20.3. The lowest BCUT2D eigenvalue weighted by Gasteiger charge is -2.38. The third-order valence-electron chi connectivity index (χ3n) is 4.40. The summed E-state index contributed by atoms with van der Waals surface area (Å²) in [4.78, 5) is 14.4. The number of unbranched alkanes of at least 4 members (excludes halogenated alkanes) is 3. The van der Waals surface area contributed by atoms with Crippen LogP contribution in [-0.2, 0) is 4.74 Å². The van der Waals surface area contributed by atoms with E-state index < -0.39 is 5.60 Å². The highest BCUT2D eigenvalue weighted by molar-refractivity contribution is 5.68. The van der Waals surface area contributed by atoms with E-state index >= 15 is 0 Å². The van der Waals surface area contributed by atoms with Crippen LogP contribution in [0.2, 0.25) is 0 Å². The Kier molecular flexibility index (Phi) is 8.96. The van der Waals surface area contributed by atoms with Gasteiger partial charge >= 0.3 is 6.09 Å². The highest BCUT2D eigenvalue weighted by Gasteiger charge is 2.31. The van der Waals surface area contributed by atoms with Crippen LogP contribution in [0.4, 0.5) is 4.79 Å².